The molecule has 1 N–H and O–H groups in total. The molecule has 4 rings (SSSR count). The summed E-state index contributed by atoms with van der Waals surface area (Å²) in [5, 5.41) is 13.5. The van der Waals surface area contributed by atoms with Crippen LogP contribution >= 0.6 is 35.0 Å². The van der Waals surface area contributed by atoms with Gasteiger partial charge in [-0.15, -0.1) is 0 Å². The van der Waals surface area contributed by atoms with E-state index < -0.39 is 11.2 Å². The highest BCUT2D eigenvalue weighted by molar-refractivity contribution is 8.05. The summed E-state index contributed by atoms with van der Waals surface area (Å²) < 4.78 is 0. The number of amides is 2. The third-order valence-corrected chi connectivity index (χ3v) is 7.65. The lowest BCUT2D eigenvalue weighted by atomic mass is 10.1. The van der Waals surface area contributed by atoms with E-state index in [0.29, 0.717) is 32.9 Å². The van der Waals surface area contributed by atoms with Crippen LogP contribution in [0.25, 0.3) is 0 Å². The van der Waals surface area contributed by atoms with Crippen LogP contribution in [0.1, 0.15) is 23.6 Å². The fourth-order valence-electron chi connectivity index (χ4n) is 3.91. The van der Waals surface area contributed by atoms with Crippen molar-refractivity contribution in [3.8, 4) is 6.07 Å². The van der Waals surface area contributed by atoms with E-state index in [4.69, 9.17) is 23.2 Å². The van der Waals surface area contributed by atoms with Crippen LogP contribution in [0.15, 0.2) is 77.3 Å². The molecule has 0 spiro atoms. The van der Waals surface area contributed by atoms with E-state index in [9.17, 15) is 14.9 Å². The Kier molecular flexibility index (Phi) is 8.05. The number of hydrogen-bond acceptors (Lipinski definition) is 4. The third-order valence-electron chi connectivity index (χ3n) is 5.80. The van der Waals surface area contributed by atoms with Gasteiger partial charge in [0.05, 0.1) is 5.25 Å². The van der Waals surface area contributed by atoms with Crippen molar-refractivity contribution in [2.45, 2.75) is 31.9 Å². The van der Waals surface area contributed by atoms with Gasteiger partial charge in [-0.05, 0) is 72.9 Å². The first kappa shape index (κ1) is 25.8. The first-order valence-corrected chi connectivity index (χ1v) is 13.0. The normalized spacial score (nSPS) is 16.6. The molecule has 1 atom stereocenters. The number of halogens is 2. The van der Waals surface area contributed by atoms with Gasteiger partial charge in [-0.25, -0.2) is 0 Å². The maximum absolute atomic E-state index is 13.7. The van der Waals surface area contributed by atoms with Crippen molar-refractivity contribution in [3.05, 3.63) is 104 Å². The number of aryl methyl sites for hydroxylation is 2. The van der Waals surface area contributed by atoms with Gasteiger partial charge >= 0.3 is 0 Å². The van der Waals surface area contributed by atoms with Crippen molar-refractivity contribution in [1.82, 2.24) is 0 Å². The summed E-state index contributed by atoms with van der Waals surface area (Å²) in [4.78, 5) is 28.3. The number of carbonyl (C=O) groups is 2. The van der Waals surface area contributed by atoms with Crippen LogP contribution in [0, 0.1) is 18.3 Å². The van der Waals surface area contributed by atoms with E-state index in [0.717, 1.165) is 23.1 Å². The Balaban J connectivity index is 1.74. The van der Waals surface area contributed by atoms with Gasteiger partial charge in [-0.1, -0.05) is 72.2 Å². The summed E-state index contributed by atoms with van der Waals surface area (Å²) in [5.74, 6) is -0.792. The smallest absolute Gasteiger partial charge is 0.269 e. The first-order chi connectivity index (χ1) is 17.3. The molecule has 1 aliphatic heterocycles. The Morgan fingerprint density at radius 2 is 1.86 bits per heavy atom. The van der Waals surface area contributed by atoms with Crippen LogP contribution in [-0.4, -0.2) is 17.1 Å². The molecular formula is C28H23Cl2N3O2S. The van der Waals surface area contributed by atoms with Crippen molar-refractivity contribution in [3.63, 3.8) is 0 Å². The Bertz CT molecular complexity index is 1400. The molecule has 1 saturated heterocycles. The van der Waals surface area contributed by atoms with Gasteiger partial charge in [0.15, 0.2) is 0 Å². The van der Waals surface area contributed by atoms with Gasteiger partial charge in [0.2, 0.25) is 5.91 Å². The molecule has 3 aromatic carbocycles. The maximum Gasteiger partial charge on any atom is 0.269 e. The summed E-state index contributed by atoms with van der Waals surface area (Å²) in [5.41, 5.74) is 3.90. The molecule has 0 aliphatic carbocycles. The highest BCUT2D eigenvalue weighted by atomic mass is 35.5. The summed E-state index contributed by atoms with van der Waals surface area (Å²) in [6, 6.07) is 22.0. The molecule has 0 radical (unpaired) electrons. The van der Waals surface area contributed by atoms with Gasteiger partial charge in [-0.3, -0.25) is 14.5 Å². The van der Waals surface area contributed by atoms with Crippen LogP contribution in [0.3, 0.4) is 0 Å². The minimum Gasteiger partial charge on any atom is -0.321 e. The maximum atomic E-state index is 13.7. The van der Waals surface area contributed by atoms with Crippen molar-refractivity contribution in [1.29, 1.82) is 5.26 Å². The van der Waals surface area contributed by atoms with Crippen LogP contribution < -0.4 is 10.2 Å². The van der Waals surface area contributed by atoms with Gasteiger partial charge in [-0.2, -0.15) is 5.26 Å². The Hall–Kier alpha value is -3.24. The third kappa shape index (κ3) is 5.60. The summed E-state index contributed by atoms with van der Waals surface area (Å²) in [7, 11) is 0. The molecule has 2 amide bonds. The second-order valence-corrected chi connectivity index (χ2v) is 10.4. The molecule has 1 heterocycles. The van der Waals surface area contributed by atoms with Crippen molar-refractivity contribution in [2.75, 3.05) is 10.2 Å². The van der Waals surface area contributed by atoms with Crippen molar-refractivity contribution in [2.24, 2.45) is 0 Å². The van der Waals surface area contributed by atoms with Crippen LogP contribution in [0.2, 0.25) is 10.0 Å². The molecule has 3 aromatic rings. The second kappa shape index (κ2) is 11.2. The van der Waals surface area contributed by atoms with Crippen LogP contribution in [0.5, 0.6) is 0 Å². The lowest BCUT2D eigenvalue weighted by Crippen LogP contribution is -2.31. The molecule has 0 saturated carbocycles. The Labute approximate surface area is 224 Å². The van der Waals surface area contributed by atoms with E-state index in [2.05, 4.69) is 5.32 Å². The lowest BCUT2D eigenvalue weighted by Gasteiger charge is -2.19. The number of anilines is 2. The molecule has 0 aromatic heterocycles. The average Bonchev–Trinajstić information content (AvgIpc) is 3.16. The minimum absolute atomic E-state index is 0.126. The summed E-state index contributed by atoms with van der Waals surface area (Å²) >= 11 is 13.6. The predicted octanol–water partition coefficient (Wildman–Crippen LogP) is 6.93. The number of hydrogen-bond donors (Lipinski definition) is 1. The van der Waals surface area contributed by atoms with Crippen molar-refractivity contribution >= 4 is 58.2 Å². The van der Waals surface area contributed by atoms with Crippen LogP contribution in [-0.2, 0) is 22.4 Å². The van der Waals surface area contributed by atoms with Gasteiger partial charge in [0, 0.05) is 21.4 Å². The Morgan fingerprint density at radius 1 is 1.11 bits per heavy atom. The molecule has 182 valence electrons. The number of nitriles is 1. The van der Waals surface area contributed by atoms with Gasteiger partial charge in [0.25, 0.3) is 5.91 Å². The van der Waals surface area contributed by atoms with Gasteiger partial charge in [0.1, 0.15) is 16.7 Å². The standard InChI is InChI=1S/C28H23Cl2N3O2S/c1-3-18-7-11-22(12-8-18)33-27(35)25(14-19-9-10-20(29)15-24(19)30)36-28(33)23(16-31)26(34)32-21-6-4-5-17(2)13-21/h4-13,15,25H,3,14H2,1-2H3,(H,32,34)/b28-23-. The zero-order chi connectivity index (χ0) is 25.8. The number of rotatable bonds is 6. The molecule has 1 fully saturated rings. The predicted molar refractivity (Wildman–Crippen MR) is 147 cm³/mol. The lowest BCUT2D eigenvalue weighted by molar-refractivity contribution is -0.117. The minimum atomic E-state index is -0.571. The average molecular weight is 536 g/mol. The first-order valence-electron chi connectivity index (χ1n) is 11.4. The number of benzene rings is 3. The second-order valence-electron chi connectivity index (χ2n) is 8.36. The zero-order valence-electron chi connectivity index (χ0n) is 19.7. The fraction of sp³-hybridized carbons (Fsp3) is 0.179. The van der Waals surface area contributed by atoms with E-state index >= 15 is 0 Å². The fourth-order valence-corrected chi connectivity index (χ4v) is 5.69. The van der Waals surface area contributed by atoms with Crippen molar-refractivity contribution < 1.29 is 9.59 Å². The number of nitrogens with zero attached hydrogens (tertiary/aromatic N) is 2. The Morgan fingerprint density at radius 3 is 2.50 bits per heavy atom. The molecule has 5 nitrogen and oxygen atoms in total. The number of carbonyl (C=O) groups excluding carboxylic acids is 2. The summed E-state index contributed by atoms with van der Waals surface area (Å²) in [6.07, 6.45) is 1.18. The molecule has 1 unspecified atom stereocenters. The zero-order valence-corrected chi connectivity index (χ0v) is 22.0. The van der Waals surface area contributed by atoms with E-state index in [-0.39, 0.29) is 11.5 Å². The molecule has 36 heavy (non-hydrogen) atoms. The van der Waals surface area contributed by atoms with Gasteiger partial charge < -0.3 is 5.32 Å². The topological polar surface area (TPSA) is 73.2 Å². The molecule has 0 bridgehead atoms. The molecule has 1 aliphatic rings. The SMILES string of the molecule is CCc1ccc(N2C(=O)C(Cc3ccc(Cl)cc3Cl)S/C2=C(/C#N)C(=O)Nc2cccc(C)c2)cc1. The monoisotopic (exact) mass is 535 g/mol. The summed E-state index contributed by atoms with van der Waals surface area (Å²) in [6.45, 7) is 3.96. The van der Waals surface area contributed by atoms with E-state index in [1.165, 1.54) is 16.7 Å². The highest BCUT2D eigenvalue weighted by Crippen LogP contribution is 2.42. The number of thioether (sulfide) groups is 1. The van der Waals surface area contributed by atoms with Crippen LogP contribution in [0.4, 0.5) is 11.4 Å². The van der Waals surface area contributed by atoms with E-state index in [1.807, 2.05) is 62.4 Å². The number of nitrogens with one attached hydrogen (secondary N) is 1. The molecular weight excluding hydrogens is 513 g/mol. The largest absolute Gasteiger partial charge is 0.321 e. The quantitative estimate of drug-likeness (QED) is 0.274. The molecule has 8 heteroatoms. The highest BCUT2D eigenvalue weighted by Gasteiger charge is 2.41. The van der Waals surface area contributed by atoms with E-state index in [1.54, 1.807) is 24.3 Å².